The zero-order valence-electron chi connectivity index (χ0n) is 14.7. The maximum absolute atomic E-state index is 12.8. The van der Waals surface area contributed by atoms with Gasteiger partial charge in [-0.1, -0.05) is 11.8 Å². The van der Waals surface area contributed by atoms with Gasteiger partial charge < -0.3 is 18.6 Å². The van der Waals surface area contributed by atoms with Gasteiger partial charge in [-0.15, -0.1) is 10.2 Å². The van der Waals surface area contributed by atoms with E-state index in [4.69, 9.17) is 13.6 Å². The number of ether oxygens (including phenoxy) is 1. The molecule has 3 aromatic rings. The lowest BCUT2D eigenvalue weighted by molar-refractivity contribution is 0.0599. The minimum Gasteiger partial charge on any atom is -0.465 e. The molecule has 3 heterocycles. The molecule has 3 aromatic heterocycles. The predicted molar refractivity (Wildman–Crippen MR) is 93.3 cm³/mol. The van der Waals surface area contributed by atoms with Gasteiger partial charge in [-0.25, -0.2) is 4.79 Å². The average Bonchev–Trinajstić information content (AvgIpc) is 3.34. The number of rotatable bonds is 6. The Morgan fingerprint density at radius 3 is 2.73 bits per heavy atom. The number of carbonyl (C=O) groups excluding carboxylic acids is 2. The topological polar surface area (TPSA) is 111 Å². The maximum atomic E-state index is 12.8. The third-order valence-corrected chi connectivity index (χ3v) is 4.79. The number of furan rings is 1. The van der Waals surface area contributed by atoms with Crippen LogP contribution in [0, 0.1) is 13.8 Å². The van der Waals surface area contributed by atoms with Crippen molar-refractivity contribution in [2.45, 2.75) is 31.2 Å². The highest BCUT2D eigenvalue weighted by molar-refractivity contribution is 8.00. The van der Waals surface area contributed by atoms with Crippen LogP contribution in [0.2, 0.25) is 0 Å². The molecule has 8 nitrogen and oxygen atoms in total. The first-order valence-corrected chi connectivity index (χ1v) is 8.66. The fourth-order valence-electron chi connectivity index (χ4n) is 2.57. The highest BCUT2D eigenvalue weighted by atomic mass is 32.2. The van der Waals surface area contributed by atoms with Crippen molar-refractivity contribution in [1.82, 2.24) is 15.2 Å². The number of H-pyrrole nitrogens is 1. The minimum atomic E-state index is -0.498. The molecule has 136 valence electrons. The summed E-state index contributed by atoms with van der Waals surface area (Å²) in [5.41, 5.74) is 1.90. The van der Waals surface area contributed by atoms with Crippen LogP contribution in [0.1, 0.15) is 39.0 Å². The first kappa shape index (κ1) is 18.0. The van der Waals surface area contributed by atoms with Crippen molar-refractivity contribution in [3.63, 3.8) is 0 Å². The number of nitrogens with zero attached hydrogens (tertiary/aromatic N) is 2. The molecular weight excluding hydrogens is 358 g/mol. The van der Waals surface area contributed by atoms with Crippen LogP contribution in [-0.2, 0) is 4.74 Å². The number of nitrogens with one attached hydrogen (secondary N) is 1. The lowest BCUT2D eigenvalue weighted by atomic mass is 10.1. The molecule has 0 aliphatic rings. The van der Waals surface area contributed by atoms with E-state index < -0.39 is 11.2 Å². The van der Waals surface area contributed by atoms with Crippen molar-refractivity contribution in [1.29, 1.82) is 0 Å². The Hall–Kier alpha value is -2.81. The third kappa shape index (κ3) is 3.30. The maximum Gasteiger partial charge on any atom is 0.339 e. The molecule has 1 N–H and O–H groups in total. The molecular formula is C17H17N3O5S. The zero-order valence-corrected chi connectivity index (χ0v) is 15.5. The molecule has 26 heavy (non-hydrogen) atoms. The van der Waals surface area contributed by atoms with Crippen molar-refractivity contribution in [2.75, 3.05) is 7.11 Å². The number of aryl methyl sites for hydroxylation is 1. The van der Waals surface area contributed by atoms with Gasteiger partial charge in [0.1, 0.15) is 0 Å². The predicted octanol–water partition coefficient (Wildman–Crippen LogP) is 3.42. The largest absolute Gasteiger partial charge is 0.465 e. The minimum absolute atomic E-state index is 0.177. The highest BCUT2D eigenvalue weighted by Gasteiger charge is 2.27. The summed E-state index contributed by atoms with van der Waals surface area (Å²) in [6.45, 7) is 5.17. The number of hydrogen-bond donors (Lipinski definition) is 1. The molecule has 0 saturated heterocycles. The van der Waals surface area contributed by atoms with Crippen LogP contribution in [-0.4, -0.2) is 39.3 Å². The normalized spacial score (nSPS) is 12.2. The standard InChI is InChI=1S/C17H17N3O5S/c1-8-12(16(22)23-4)9(2)18-13(8)14(21)10(3)26-17-20-19-15(25-17)11-6-5-7-24-11/h5-7,10,18H,1-4H3/t10-/m0/s1. The van der Waals surface area contributed by atoms with Crippen molar-refractivity contribution in [3.8, 4) is 11.7 Å². The average molecular weight is 375 g/mol. The number of hydrogen-bond acceptors (Lipinski definition) is 8. The van der Waals surface area contributed by atoms with E-state index in [2.05, 4.69) is 15.2 Å². The molecule has 0 saturated carbocycles. The van der Waals surface area contributed by atoms with E-state index in [-0.39, 0.29) is 16.9 Å². The molecule has 1 atom stereocenters. The van der Waals surface area contributed by atoms with E-state index in [9.17, 15) is 9.59 Å². The Kier molecular flexibility index (Phi) is 4.99. The van der Waals surface area contributed by atoms with Gasteiger partial charge in [-0.3, -0.25) is 4.79 Å². The summed E-state index contributed by atoms with van der Waals surface area (Å²) in [5, 5.41) is 7.58. The molecule has 0 amide bonds. The van der Waals surface area contributed by atoms with Crippen molar-refractivity contribution in [3.05, 3.63) is 40.9 Å². The summed E-state index contributed by atoms with van der Waals surface area (Å²) in [6.07, 6.45) is 1.51. The molecule has 0 unspecified atom stereocenters. The van der Waals surface area contributed by atoms with Gasteiger partial charge in [0.15, 0.2) is 11.5 Å². The van der Waals surface area contributed by atoms with E-state index in [0.29, 0.717) is 28.3 Å². The lowest BCUT2D eigenvalue weighted by Crippen LogP contribution is -2.15. The number of ketones is 1. The smallest absolute Gasteiger partial charge is 0.339 e. The van der Waals surface area contributed by atoms with Crippen molar-refractivity contribution in [2.24, 2.45) is 0 Å². The number of esters is 1. The molecule has 0 bridgehead atoms. The van der Waals surface area contributed by atoms with E-state index in [1.165, 1.54) is 13.4 Å². The Morgan fingerprint density at radius 1 is 1.31 bits per heavy atom. The molecule has 0 aliphatic heterocycles. The highest BCUT2D eigenvalue weighted by Crippen LogP contribution is 2.29. The van der Waals surface area contributed by atoms with E-state index in [0.717, 1.165) is 11.8 Å². The van der Waals surface area contributed by atoms with Crippen LogP contribution >= 0.6 is 11.8 Å². The van der Waals surface area contributed by atoms with Gasteiger partial charge in [-0.05, 0) is 38.5 Å². The van der Waals surface area contributed by atoms with Crippen LogP contribution in [0.5, 0.6) is 0 Å². The Balaban J connectivity index is 1.77. The second-order valence-electron chi connectivity index (χ2n) is 5.59. The molecule has 0 fully saturated rings. The number of methoxy groups -OCH3 is 1. The van der Waals surface area contributed by atoms with Gasteiger partial charge in [0, 0.05) is 5.69 Å². The van der Waals surface area contributed by atoms with Crippen LogP contribution in [0.25, 0.3) is 11.7 Å². The first-order chi connectivity index (χ1) is 12.4. The number of aromatic amines is 1. The second kappa shape index (κ2) is 7.20. The summed E-state index contributed by atoms with van der Waals surface area (Å²) in [5.74, 6) is 0.0537. The van der Waals surface area contributed by atoms with Crippen molar-refractivity contribution >= 4 is 23.5 Å². The van der Waals surface area contributed by atoms with Gasteiger partial charge >= 0.3 is 5.97 Å². The molecule has 0 radical (unpaired) electrons. The van der Waals surface area contributed by atoms with Gasteiger partial charge in [0.2, 0.25) is 0 Å². The molecule has 9 heteroatoms. The fourth-order valence-corrected chi connectivity index (χ4v) is 3.31. The van der Waals surface area contributed by atoms with E-state index in [1.807, 2.05) is 0 Å². The number of carbonyl (C=O) groups is 2. The van der Waals surface area contributed by atoms with Crippen LogP contribution in [0.3, 0.4) is 0 Å². The summed E-state index contributed by atoms with van der Waals surface area (Å²) in [7, 11) is 1.31. The van der Waals surface area contributed by atoms with Gasteiger partial charge in [-0.2, -0.15) is 0 Å². The first-order valence-electron chi connectivity index (χ1n) is 7.78. The summed E-state index contributed by atoms with van der Waals surface area (Å²) in [6, 6.07) is 3.42. The second-order valence-corrected chi connectivity index (χ2v) is 6.88. The lowest BCUT2D eigenvalue weighted by Gasteiger charge is -2.07. The molecule has 0 aliphatic carbocycles. The van der Waals surface area contributed by atoms with Crippen LogP contribution < -0.4 is 0 Å². The summed E-state index contributed by atoms with van der Waals surface area (Å²) >= 11 is 1.13. The Labute approximate surface area is 153 Å². The third-order valence-electron chi connectivity index (χ3n) is 3.86. The van der Waals surface area contributed by atoms with E-state index in [1.54, 1.807) is 32.9 Å². The van der Waals surface area contributed by atoms with Gasteiger partial charge in [0.25, 0.3) is 11.1 Å². The van der Waals surface area contributed by atoms with E-state index >= 15 is 0 Å². The Morgan fingerprint density at radius 2 is 2.08 bits per heavy atom. The van der Waals surface area contributed by atoms with Crippen molar-refractivity contribution < 1.29 is 23.2 Å². The number of aromatic nitrogens is 3. The number of Topliss-reactive ketones (excluding diaryl/α,β-unsaturated/α-hetero) is 1. The van der Waals surface area contributed by atoms with Gasteiger partial charge in [0.05, 0.1) is 29.9 Å². The monoisotopic (exact) mass is 375 g/mol. The molecule has 3 rings (SSSR count). The fraction of sp³-hybridized carbons (Fsp3) is 0.294. The summed E-state index contributed by atoms with van der Waals surface area (Å²) in [4.78, 5) is 27.6. The quantitative estimate of drug-likeness (QED) is 0.396. The zero-order chi connectivity index (χ0) is 18.8. The van der Waals surface area contributed by atoms with Crippen LogP contribution in [0.15, 0.2) is 32.5 Å². The SMILES string of the molecule is COC(=O)c1c(C)[nH]c(C(=O)[C@H](C)Sc2nnc(-c3ccco3)o2)c1C. The van der Waals surface area contributed by atoms with Crippen LogP contribution in [0.4, 0.5) is 0 Å². The Bertz CT molecular complexity index is 942. The molecule has 0 aromatic carbocycles. The summed E-state index contributed by atoms with van der Waals surface area (Å²) < 4.78 is 15.5. The number of thioether (sulfide) groups is 1. The molecule has 0 spiro atoms.